The van der Waals surface area contributed by atoms with Crippen LogP contribution in [-0.2, 0) is 10.0 Å². The van der Waals surface area contributed by atoms with Crippen molar-refractivity contribution >= 4 is 44.2 Å². The van der Waals surface area contributed by atoms with E-state index in [4.69, 9.17) is 5.11 Å². The van der Waals surface area contributed by atoms with Gasteiger partial charge in [0.2, 0.25) is 10.0 Å². The molecule has 186 valence electrons. The van der Waals surface area contributed by atoms with Crippen molar-refractivity contribution in [3.8, 4) is 0 Å². The summed E-state index contributed by atoms with van der Waals surface area (Å²) < 4.78 is 53.8. The number of fused-ring (bicyclic) bond motifs is 1. The van der Waals surface area contributed by atoms with Crippen LogP contribution in [0.4, 0.5) is 26.1 Å². The van der Waals surface area contributed by atoms with Crippen LogP contribution in [0.15, 0.2) is 48.7 Å². The first-order valence-corrected chi connectivity index (χ1v) is 12.5. The van der Waals surface area contributed by atoms with Crippen LogP contribution in [0.5, 0.6) is 0 Å². The summed E-state index contributed by atoms with van der Waals surface area (Å²) in [6, 6.07) is 11.0. The van der Waals surface area contributed by atoms with Crippen LogP contribution < -0.4 is 14.9 Å². The molecule has 9 nitrogen and oxygen atoms in total. The summed E-state index contributed by atoms with van der Waals surface area (Å²) >= 11 is 0. The molecule has 0 unspecified atom stereocenters. The molecule has 0 aliphatic carbocycles. The third-order valence-corrected chi connectivity index (χ3v) is 7.53. The Morgan fingerprint density at radius 1 is 1.20 bits per heavy atom. The second-order valence-electron chi connectivity index (χ2n) is 8.42. The number of hydrogen-bond donors (Lipinski definition) is 3. The quantitative estimate of drug-likeness (QED) is 0.450. The van der Waals surface area contributed by atoms with Gasteiger partial charge in [-0.3, -0.25) is 14.5 Å². The van der Waals surface area contributed by atoms with Gasteiger partial charge < -0.3 is 15.3 Å². The first-order chi connectivity index (χ1) is 16.6. The topological polar surface area (TPSA) is 125 Å². The van der Waals surface area contributed by atoms with Gasteiger partial charge in [-0.1, -0.05) is 6.07 Å². The number of aromatic nitrogens is 2. The number of anilines is 3. The lowest BCUT2D eigenvalue weighted by molar-refractivity contribution is -0.0221. The van der Waals surface area contributed by atoms with Gasteiger partial charge in [-0.2, -0.15) is 0 Å². The Labute approximate surface area is 201 Å². The lowest BCUT2D eigenvalue weighted by atomic mass is 10.1. The molecule has 1 aliphatic heterocycles. The Morgan fingerprint density at radius 3 is 2.54 bits per heavy atom. The Kier molecular flexibility index (Phi) is 6.86. The van der Waals surface area contributed by atoms with Crippen molar-refractivity contribution in [3.63, 3.8) is 0 Å². The van der Waals surface area contributed by atoms with E-state index in [1.165, 1.54) is 31.2 Å². The summed E-state index contributed by atoms with van der Waals surface area (Å²) in [5.41, 5.74) is 1.07. The Bertz CT molecular complexity index is 1330. The molecule has 35 heavy (non-hydrogen) atoms. The van der Waals surface area contributed by atoms with Crippen LogP contribution in [0.2, 0.25) is 0 Å². The SMILES string of the molecule is C[C@H](CO)S(=O)(=O)Nc1ccc(C(=O)Nc2cc3cccnc3c(N3CCC(F)(F)CC3)n2)cc1. The molecule has 12 heteroatoms. The summed E-state index contributed by atoms with van der Waals surface area (Å²) in [6.07, 6.45) is 1.03. The molecule has 1 saturated heterocycles. The summed E-state index contributed by atoms with van der Waals surface area (Å²) in [5, 5.41) is 11.5. The number of aliphatic hydroxyl groups is 1. The van der Waals surface area contributed by atoms with Crippen LogP contribution in [0.3, 0.4) is 0 Å². The van der Waals surface area contributed by atoms with Gasteiger partial charge in [0.15, 0.2) is 5.82 Å². The van der Waals surface area contributed by atoms with Crippen molar-refractivity contribution in [2.75, 3.05) is 34.6 Å². The molecule has 1 fully saturated rings. The van der Waals surface area contributed by atoms with E-state index < -0.39 is 33.7 Å². The van der Waals surface area contributed by atoms with Crippen LogP contribution >= 0.6 is 0 Å². The van der Waals surface area contributed by atoms with Crippen molar-refractivity contribution < 1.29 is 27.1 Å². The maximum absolute atomic E-state index is 13.7. The van der Waals surface area contributed by atoms with Crippen molar-refractivity contribution in [1.82, 2.24) is 9.97 Å². The summed E-state index contributed by atoms with van der Waals surface area (Å²) in [6.45, 7) is 1.09. The Morgan fingerprint density at radius 2 is 1.89 bits per heavy atom. The number of sulfonamides is 1. The zero-order valence-electron chi connectivity index (χ0n) is 18.9. The average molecular weight is 506 g/mol. The van der Waals surface area contributed by atoms with Gasteiger partial charge in [0, 0.05) is 48.8 Å². The third-order valence-electron chi connectivity index (χ3n) is 5.80. The lowest BCUT2D eigenvalue weighted by Crippen LogP contribution is -2.40. The van der Waals surface area contributed by atoms with E-state index in [-0.39, 0.29) is 43.0 Å². The second-order valence-corrected chi connectivity index (χ2v) is 10.5. The first-order valence-electron chi connectivity index (χ1n) is 11.0. The molecule has 3 aromatic rings. The number of nitrogens with zero attached hydrogens (tertiary/aromatic N) is 3. The Balaban J connectivity index is 1.54. The number of rotatable bonds is 7. The minimum absolute atomic E-state index is 0.120. The number of pyridine rings is 2. The molecule has 0 bridgehead atoms. The van der Waals surface area contributed by atoms with E-state index >= 15 is 0 Å². The monoisotopic (exact) mass is 505 g/mol. The zero-order valence-corrected chi connectivity index (χ0v) is 19.7. The highest BCUT2D eigenvalue weighted by molar-refractivity contribution is 7.93. The van der Waals surface area contributed by atoms with Crippen LogP contribution in [0.25, 0.3) is 10.9 Å². The summed E-state index contributed by atoms with van der Waals surface area (Å²) in [7, 11) is -3.76. The van der Waals surface area contributed by atoms with Crippen molar-refractivity contribution in [2.45, 2.75) is 30.9 Å². The van der Waals surface area contributed by atoms with Crippen molar-refractivity contribution in [3.05, 3.63) is 54.2 Å². The predicted molar refractivity (Wildman–Crippen MR) is 129 cm³/mol. The molecular weight excluding hydrogens is 480 g/mol. The smallest absolute Gasteiger partial charge is 0.256 e. The fourth-order valence-corrected chi connectivity index (χ4v) is 4.50. The van der Waals surface area contributed by atoms with Crippen LogP contribution in [0.1, 0.15) is 30.1 Å². The van der Waals surface area contributed by atoms with Gasteiger partial charge >= 0.3 is 0 Å². The molecular formula is C23H25F2N5O4S. The molecule has 1 aromatic carbocycles. The van der Waals surface area contributed by atoms with Gasteiger partial charge in [0.25, 0.3) is 11.8 Å². The standard InChI is InChI=1S/C23H25F2N5O4S/c1-15(14-31)35(33,34)29-18-6-4-16(5-7-18)22(32)28-19-13-17-3-2-10-26-20(17)21(27-19)30-11-8-23(24,25)9-12-30/h2-7,10,13,15,29,31H,8-9,11-12,14H2,1H3,(H,27,28,32)/t15-/m1/s1. The van der Waals surface area contributed by atoms with Gasteiger partial charge in [0.1, 0.15) is 16.6 Å². The number of hydrogen-bond acceptors (Lipinski definition) is 7. The Hall–Kier alpha value is -3.38. The van der Waals surface area contributed by atoms with Crippen LogP contribution in [-0.4, -0.2) is 60.3 Å². The zero-order chi connectivity index (χ0) is 25.2. The van der Waals surface area contributed by atoms with E-state index in [1.54, 1.807) is 29.3 Å². The molecule has 0 radical (unpaired) electrons. The minimum atomic E-state index is -3.76. The van der Waals surface area contributed by atoms with Gasteiger partial charge in [0.05, 0.1) is 6.61 Å². The average Bonchev–Trinajstić information content (AvgIpc) is 2.83. The van der Waals surface area contributed by atoms with Crippen LogP contribution in [0, 0.1) is 0 Å². The number of piperidine rings is 1. The molecule has 3 heterocycles. The predicted octanol–water partition coefficient (Wildman–Crippen LogP) is 3.24. The number of benzene rings is 1. The van der Waals surface area contributed by atoms with Crippen molar-refractivity contribution in [1.29, 1.82) is 0 Å². The van der Waals surface area contributed by atoms with Gasteiger partial charge in [-0.05, 0) is 43.3 Å². The minimum Gasteiger partial charge on any atom is -0.395 e. The number of alkyl halides is 2. The van der Waals surface area contributed by atoms with E-state index in [2.05, 4.69) is 20.0 Å². The van der Waals surface area contributed by atoms with E-state index in [9.17, 15) is 22.0 Å². The highest BCUT2D eigenvalue weighted by Crippen LogP contribution is 2.33. The fourth-order valence-electron chi connectivity index (χ4n) is 3.64. The normalized spacial score (nSPS) is 16.6. The third kappa shape index (κ3) is 5.65. The van der Waals surface area contributed by atoms with Gasteiger partial charge in [-0.25, -0.2) is 22.2 Å². The number of aliphatic hydroxyl groups excluding tert-OH is 1. The maximum atomic E-state index is 13.7. The molecule has 1 amide bonds. The van der Waals surface area contributed by atoms with Gasteiger partial charge in [-0.15, -0.1) is 0 Å². The number of nitrogens with one attached hydrogen (secondary N) is 2. The molecule has 4 rings (SSSR count). The molecule has 0 saturated carbocycles. The summed E-state index contributed by atoms with van der Waals surface area (Å²) in [4.78, 5) is 23.4. The number of carbonyl (C=O) groups excluding carboxylic acids is 1. The van der Waals surface area contributed by atoms with E-state index in [0.29, 0.717) is 16.7 Å². The lowest BCUT2D eigenvalue weighted by Gasteiger charge is -2.33. The molecule has 1 atom stereocenters. The van der Waals surface area contributed by atoms with E-state index in [0.717, 1.165) is 0 Å². The maximum Gasteiger partial charge on any atom is 0.256 e. The van der Waals surface area contributed by atoms with Crippen molar-refractivity contribution in [2.24, 2.45) is 0 Å². The fraction of sp³-hybridized carbons (Fsp3) is 0.348. The largest absolute Gasteiger partial charge is 0.395 e. The second kappa shape index (κ2) is 9.70. The highest BCUT2D eigenvalue weighted by atomic mass is 32.2. The number of amides is 1. The number of halogens is 2. The molecule has 2 aromatic heterocycles. The summed E-state index contributed by atoms with van der Waals surface area (Å²) in [5.74, 6) is -2.52. The molecule has 0 spiro atoms. The molecule has 3 N–H and O–H groups in total. The molecule has 1 aliphatic rings. The van der Waals surface area contributed by atoms with E-state index in [1.807, 2.05) is 0 Å². The first kappa shape index (κ1) is 24.7. The highest BCUT2D eigenvalue weighted by Gasteiger charge is 2.35. The number of carbonyl (C=O) groups is 1.